The lowest BCUT2D eigenvalue weighted by molar-refractivity contribution is -0.149. The Kier molecular flexibility index (Phi) is 39.0. The van der Waals surface area contributed by atoms with Gasteiger partial charge in [0.25, 0.3) is 0 Å². The fraction of sp³-hybridized carbons (Fsp3) is 0.671. The first-order chi connectivity index (χ1) is 49.0. The van der Waals surface area contributed by atoms with Gasteiger partial charge in [0, 0.05) is 124 Å². The van der Waals surface area contributed by atoms with Gasteiger partial charge in [-0.3, -0.25) is 52.7 Å². The summed E-state index contributed by atoms with van der Waals surface area (Å²) in [6, 6.07) is 11.1. The molecule has 0 aromatic heterocycles. The number of amides is 11. The number of benzene rings is 2. The van der Waals surface area contributed by atoms with Crippen molar-refractivity contribution < 1.29 is 81.6 Å². The van der Waals surface area contributed by atoms with Gasteiger partial charge in [-0.05, 0) is 91.9 Å². The van der Waals surface area contributed by atoms with E-state index in [1.807, 2.05) is 71.9 Å². The molecule has 0 spiro atoms. The molecule has 11 amide bonds. The number of aliphatic hydroxyl groups is 1. The highest BCUT2D eigenvalue weighted by Gasteiger charge is 2.44. The van der Waals surface area contributed by atoms with Crippen molar-refractivity contribution in [3.8, 4) is 0 Å². The van der Waals surface area contributed by atoms with Gasteiger partial charge in [0.1, 0.15) is 18.4 Å². The molecule has 1 aliphatic heterocycles. The second-order valence-electron chi connectivity index (χ2n) is 28.9. The highest BCUT2D eigenvalue weighted by Crippen LogP contribution is 2.34. The number of aliphatic hydroxyl groups excluding tert-OH is 1. The molecule has 0 aliphatic carbocycles. The number of nitrogens with zero attached hydrogens (tertiary/aromatic N) is 4. The fourth-order valence-corrected chi connectivity index (χ4v) is 13.5. The van der Waals surface area contributed by atoms with Crippen LogP contribution < -0.4 is 37.6 Å². The van der Waals surface area contributed by atoms with Gasteiger partial charge < -0.3 is 76.6 Å². The summed E-state index contributed by atoms with van der Waals surface area (Å²) in [7, 11) is 9.06. The minimum atomic E-state index is -0.990. The van der Waals surface area contributed by atoms with Crippen molar-refractivity contribution in [1.82, 2.24) is 46.2 Å². The Bertz CT molecular complexity index is 3150. The van der Waals surface area contributed by atoms with E-state index < -0.39 is 131 Å². The average molecular weight is 1460 g/mol. The average Bonchev–Trinajstić information content (AvgIpc) is 1.36. The number of ether oxygens (including phenoxy) is 3. The molecule has 1 saturated heterocycles. The van der Waals surface area contributed by atoms with Crippen molar-refractivity contribution in [1.29, 1.82) is 0 Å². The van der Waals surface area contributed by atoms with E-state index in [2.05, 4.69) is 31.9 Å². The van der Waals surface area contributed by atoms with Gasteiger partial charge in [0.15, 0.2) is 11.6 Å². The number of anilines is 1. The zero-order valence-corrected chi connectivity index (χ0v) is 64.5. The number of nitrogens with one attached hydrogen (secondary N) is 6. The summed E-state index contributed by atoms with van der Waals surface area (Å²) in [5.41, 5.74) is 6.89. The third-order valence-corrected chi connectivity index (χ3v) is 19.8. The van der Waals surface area contributed by atoms with E-state index in [0.717, 1.165) is 5.56 Å². The minimum Gasteiger partial charge on any atom is -0.445 e. The van der Waals surface area contributed by atoms with Crippen LogP contribution in [0.25, 0.3) is 0 Å². The van der Waals surface area contributed by atoms with Crippen LogP contribution in [-0.2, 0) is 73.6 Å². The van der Waals surface area contributed by atoms with E-state index in [0.29, 0.717) is 37.1 Å². The largest absolute Gasteiger partial charge is 0.445 e. The Balaban J connectivity index is 1.64. The first kappa shape index (κ1) is 89.8. The van der Waals surface area contributed by atoms with Crippen LogP contribution in [0.15, 0.2) is 54.6 Å². The monoisotopic (exact) mass is 1460 g/mol. The van der Waals surface area contributed by atoms with Crippen molar-refractivity contribution in [2.24, 2.45) is 53.1 Å². The Hall–Kier alpha value is -8.37. The van der Waals surface area contributed by atoms with Crippen molar-refractivity contribution in [3.63, 3.8) is 0 Å². The Morgan fingerprint density at radius 2 is 1.31 bits per heavy atom. The Morgan fingerprint density at radius 1 is 0.663 bits per heavy atom. The van der Waals surface area contributed by atoms with Crippen LogP contribution in [0, 0.1) is 47.3 Å². The van der Waals surface area contributed by atoms with E-state index in [4.69, 9.17) is 19.9 Å². The molecule has 2 aromatic carbocycles. The Labute approximate surface area is 615 Å². The van der Waals surface area contributed by atoms with E-state index in [1.54, 1.807) is 75.9 Å². The zero-order valence-electron chi connectivity index (χ0n) is 64.5. The molecule has 3 rings (SSSR count). The lowest BCUT2D eigenvalue weighted by Gasteiger charge is -2.41. The molecule has 2 aromatic rings. The van der Waals surface area contributed by atoms with Gasteiger partial charge in [-0.1, -0.05) is 118 Å². The van der Waals surface area contributed by atoms with Crippen LogP contribution >= 0.6 is 0 Å². The molecule has 104 heavy (non-hydrogen) atoms. The second kappa shape index (κ2) is 45.1. The molecule has 1 aliphatic rings. The Morgan fingerprint density at radius 3 is 1.88 bits per heavy atom. The van der Waals surface area contributed by atoms with Crippen molar-refractivity contribution in [2.45, 2.75) is 215 Å². The third kappa shape index (κ3) is 28.6. The van der Waals surface area contributed by atoms with Crippen molar-refractivity contribution >= 4 is 82.4 Å². The first-order valence-electron chi connectivity index (χ1n) is 36.6. The van der Waals surface area contributed by atoms with Crippen LogP contribution in [-0.4, -0.2) is 212 Å². The van der Waals surface area contributed by atoms with E-state index in [1.165, 1.54) is 45.0 Å². The fourth-order valence-electron chi connectivity index (χ4n) is 13.5. The summed E-state index contributed by atoms with van der Waals surface area (Å²) in [4.78, 5) is 179. The molecule has 28 heteroatoms. The third-order valence-electron chi connectivity index (χ3n) is 19.8. The predicted molar refractivity (Wildman–Crippen MR) is 393 cm³/mol. The van der Waals surface area contributed by atoms with Gasteiger partial charge in [-0.15, -0.1) is 0 Å². The number of likely N-dealkylation sites (tertiary alicyclic amines) is 1. The highest BCUT2D eigenvalue weighted by molar-refractivity contribution is 5.98. The number of carbonyl (C=O) groups excluding carboxylic acids is 13. The summed E-state index contributed by atoms with van der Waals surface area (Å²) in [6.45, 7) is 20.0. The summed E-state index contributed by atoms with van der Waals surface area (Å²) >= 11 is 0. The summed E-state index contributed by atoms with van der Waals surface area (Å²) in [5, 5.41) is 26.6. The molecule has 582 valence electrons. The maximum absolute atomic E-state index is 14.9. The molecule has 9 N–H and O–H groups in total. The van der Waals surface area contributed by atoms with E-state index in [-0.39, 0.29) is 132 Å². The van der Waals surface area contributed by atoms with Gasteiger partial charge in [-0.2, -0.15) is 0 Å². The summed E-state index contributed by atoms with van der Waals surface area (Å²) in [6.07, 6.45) is -1.16. The number of carbonyl (C=O) groups is 13. The van der Waals surface area contributed by atoms with E-state index >= 15 is 0 Å². The number of nitrogens with two attached hydrogens (primary N) is 1. The van der Waals surface area contributed by atoms with Crippen LogP contribution in [0.1, 0.15) is 177 Å². The number of likely N-dealkylation sites (N-methyl/N-ethyl adjacent to an activating group) is 4. The lowest BCUT2D eigenvalue weighted by atomic mass is 9.83. The van der Waals surface area contributed by atoms with Gasteiger partial charge in [0.05, 0.1) is 55.4 Å². The topological polar surface area (TPSA) is 381 Å². The lowest BCUT2D eigenvalue weighted by Crippen LogP contribution is -2.54. The van der Waals surface area contributed by atoms with E-state index in [9.17, 15) is 67.4 Å². The maximum Gasteiger partial charge on any atom is 0.410 e. The number of hydrogen-bond acceptors (Lipinski definition) is 17. The van der Waals surface area contributed by atoms with Crippen LogP contribution in [0.2, 0.25) is 0 Å². The minimum absolute atomic E-state index is 0.0220. The molecular formula is C76H121N11O17. The SMILES string of the molecule is CC[C@H](C)[C@@H]([C@@H](CC(=O)N1CCC[C@H]1[C@H](OC)[C@@H](C)C(=O)C[C@H](C)[C@@H](O)c1ccccc1)OC)N(C)C(=O)[C@@H](CC(=O)[C@H](C(C)C)N(C)C(=O)OCc1ccc(NC(=O)[C@H](CCCNC(N)=O)CC(=O)[C@@H](NC(=O)CCCC(=O)NCCC(=O)N(C)CC(=O)NC(C)C(=O)NC)C(C)C)cc1)C(C)C. The number of urea groups is 1. The van der Waals surface area contributed by atoms with Crippen LogP contribution in [0.4, 0.5) is 15.3 Å². The molecule has 13 atom stereocenters. The number of methoxy groups -OCH3 is 2. The van der Waals surface area contributed by atoms with Gasteiger partial charge in [0.2, 0.25) is 47.3 Å². The van der Waals surface area contributed by atoms with Crippen LogP contribution in [0.3, 0.4) is 0 Å². The van der Waals surface area contributed by atoms with Crippen LogP contribution in [0.5, 0.6) is 0 Å². The standard InChI is InChI=1S/C76H121N11O17/c1-18-48(8)69(61(102-16)42-66(95)87-38-24-28-57(87)71(103-17)50(10)58(88)39-49(9)70(96)53-25-20-19-21-26-53)85(14)74(99)56(45(2)3)41-60(90)68(47(6)7)86(15)76(101)104-44-52-31-33-55(34-32-52)82-73(98)54(27-23-36-80-75(77)100)40-59(89)67(46(4)5)83-63(92)30-22-29-62(91)79-37-35-65(94)84(13)43-64(93)81-51(11)72(97)78-12/h19-21,25-26,31-34,45-51,54,56-57,61,67-71,96H,18,22-24,27-30,35-44H2,1-17H3,(H,78,97)(H,79,91)(H,81,93)(H,82,98)(H,83,92)(H3,77,80,100)/t48-,49-,50-,51?,54+,56-,57-,61+,67-,68-,69-,70+,71+/m0/s1. The summed E-state index contributed by atoms with van der Waals surface area (Å²) < 4.78 is 17.9. The molecular weight excluding hydrogens is 1340 g/mol. The second-order valence-corrected chi connectivity index (χ2v) is 28.9. The number of hydrogen-bond donors (Lipinski definition) is 8. The van der Waals surface area contributed by atoms with Crippen molar-refractivity contribution in [3.05, 3.63) is 65.7 Å². The highest BCUT2D eigenvalue weighted by atomic mass is 16.6. The first-order valence-corrected chi connectivity index (χ1v) is 36.6. The normalized spacial score (nSPS) is 16.4. The number of rotatable bonds is 46. The van der Waals surface area contributed by atoms with Gasteiger partial charge >= 0.3 is 12.1 Å². The molecule has 0 saturated carbocycles. The van der Waals surface area contributed by atoms with Crippen molar-refractivity contribution in [2.75, 3.05) is 73.9 Å². The summed E-state index contributed by atoms with van der Waals surface area (Å²) in [5.74, 6) is -8.07. The van der Waals surface area contributed by atoms with Gasteiger partial charge in [-0.25, -0.2) is 9.59 Å². The predicted octanol–water partition coefficient (Wildman–Crippen LogP) is 6.25. The maximum atomic E-state index is 14.9. The number of Topliss-reactive ketones (excluding diaryl/α,β-unsaturated/α-hetero) is 3. The molecule has 0 radical (unpaired) electrons. The molecule has 28 nitrogen and oxygen atoms in total. The zero-order chi connectivity index (χ0) is 78.2. The molecule has 1 heterocycles. The molecule has 0 bridgehead atoms. The smallest absolute Gasteiger partial charge is 0.410 e. The quantitative estimate of drug-likeness (QED) is 0.0340. The molecule has 1 unspecified atom stereocenters. The number of ketones is 3. The number of primary amides is 1. The molecule has 1 fully saturated rings.